The lowest BCUT2D eigenvalue weighted by molar-refractivity contribution is -0.133. The summed E-state index contributed by atoms with van der Waals surface area (Å²) >= 11 is 0. The minimum absolute atomic E-state index is 0. The summed E-state index contributed by atoms with van der Waals surface area (Å²) in [6, 6.07) is 3.66. The van der Waals surface area contributed by atoms with Crippen molar-refractivity contribution in [1.82, 2.24) is 35.2 Å². The van der Waals surface area contributed by atoms with Crippen molar-refractivity contribution in [3.8, 4) is 11.6 Å². The van der Waals surface area contributed by atoms with E-state index in [1.54, 1.807) is 6.26 Å². The molecule has 2 aromatic rings. The van der Waals surface area contributed by atoms with Gasteiger partial charge in [0, 0.05) is 58.8 Å². The first kappa shape index (κ1) is 25.5. The van der Waals surface area contributed by atoms with Gasteiger partial charge in [0.05, 0.1) is 12.8 Å². The first-order chi connectivity index (χ1) is 15.7. The number of hydrogen-bond donors (Lipinski definition) is 2. The van der Waals surface area contributed by atoms with Gasteiger partial charge in [0.25, 0.3) is 0 Å². The SMILES string of the molecule is CCNC(=NCCc1nc(-c2ccco2)n[nH]1)N1CCN(CC(=O)N2CCCCC2)CC1.I. The summed E-state index contributed by atoms with van der Waals surface area (Å²) in [5.74, 6) is 3.20. The third-order valence-corrected chi connectivity index (χ3v) is 5.96. The first-order valence-corrected chi connectivity index (χ1v) is 11.7. The monoisotopic (exact) mass is 570 g/mol. The molecule has 0 radical (unpaired) electrons. The number of nitrogens with one attached hydrogen (secondary N) is 2. The van der Waals surface area contributed by atoms with Gasteiger partial charge in [-0.15, -0.1) is 24.0 Å². The minimum Gasteiger partial charge on any atom is -0.461 e. The van der Waals surface area contributed by atoms with E-state index >= 15 is 0 Å². The van der Waals surface area contributed by atoms with E-state index in [1.165, 1.54) is 6.42 Å². The van der Waals surface area contributed by atoms with Gasteiger partial charge in [-0.2, -0.15) is 5.10 Å². The summed E-state index contributed by atoms with van der Waals surface area (Å²) in [4.78, 5) is 28.4. The Morgan fingerprint density at radius 1 is 1.15 bits per heavy atom. The summed E-state index contributed by atoms with van der Waals surface area (Å²) in [6.07, 6.45) is 5.81. The average molecular weight is 570 g/mol. The van der Waals surface area contributed by atoms with E-state index in [9.17, 15) is 4.79 Å². The number of piperazine rings is 1. The van der Waals surface area contributed by atoms with Crippen molar-refractivity contribution >= 4 is 35.8 Å². The summed E-state index contributed by atoms with van der Waals surface area (Å²) in [7, 11) is 0. The fraction of sp³-hybridized carbons (Fsp3) is 0.636. The van der Waals surface area contributed by atoms with Crippen LogP contribution in [-0.4, -0.2) is 101 Å². The molecule has 0 unspecified atom stereocenters. The zero-order valence-corrected chi connectivity index (χ0v) is 21.7. The summed E-state index contributed by atoms with van der Waals surface area (Å²) < 4.78 is 5.34. The van der Waals surface area contributed by atoms with Gasteiger partial charge in [-0.05, 0) is 38.3 Å². The predicted octanol–water partition coefficient (Wildman–Crippen LogP) is 1.82. The Morgan fingerprint density at radius 3 is 2.64 bits per heavy atom. The molecule has 33 heavy (non-hydrogen) atoms. The molecule has 2 saturated heterocycles. The standard InChI is InChI=1S/C22H34N8O2.HI/c1-2-23-22(24-9-8-19-25-21(27-26-19)18-7-6-16-32-18)30-14-12-28(13-15-30)17-20(31)29-10-4-3-5-11-29;/h6-7,16H,2-5,8-15,17H2,1H3,(H,23,24)(H,25,26,27);1H. The number of hydrogen-bond acceptors (Lipinski definition) is 6. The quantitative estimate of drug-likeness (QED) is 0.297. The first-order valence-electron chi connectivity index (χ1n) is 11.7. The van der Waals surface area contributed by atoms with Gasteiger partial charge in [-0.3, -0.25) is 19.8 Å². The topological polar surface area (TPSA) is 106 Å². The number of aromatic amines is 1. The third-order valence-electron chi connectivity index (χ3n) is 5.96. The maximum atomic E-state index is 12.6. The van der Waals surface area contributed by atoms with E-state index in [0.29, 0.717) is 31.1 Å². The highest BCUT2D eigenvalue weighted by Crippen LogP contribution is 2.14. The molecule has 10 nitrogen and oxygen atoms in total. The van der Waals surface area contributed by atoms with Crippen molar-refractivity contribution in [1.29, 1.82) is 0 Å². The van der Waals surface area contributed by atoms with Crippen molar-refractivity contribution in [2.75, 3.05) is 58.9 Å². The molecular weight excluding hydrogens is 535 g/mol. The number of piperidine rings is 1. The molecule has 2 aliphatic heterocycles. The molecule has 2 fully saturated rings. The molecule has 11 heteroatoms. The Morgan fingerprint density at radius 2 is 1.94 bits per heavy atom. The van der Waals surface area contributed by atoms with Crippen LogP contribution in [0, 0.1) is 0 Å². The summed E-state index contributed by atoms with van der Waals surface area (Å²) in [5, 5.41) is 10.6. The number of nitrogens with zero attached hydrogens (tertiary/aromatic N) is 6. The van der Waals surface area contributed by atoms with Gasteiger partial charge >= 0.3 is 0 Å². The molecule has 0 bridgehead atoms. The van der Waals surface area contributed by atoms with Gasteiger partial charge in [-0.1, -0.05) is 0 Å². The van der Waals surface area contributed by atoms with E-state index in [4.69, 9.17) is 9.41 Å². The number of aromatic nitrogens is 3. The molecule has 0 saturated carbocycles. The van der Waals surface area contributed by atoms with Gasteiger partial charge in [-0.25, -0.2) is 4.98 Å². The second kappa shape index (κ2) is 12.9. The van der Waals surface area contributed by atoms with E-state index in [2.05, 4.69) is 37.2 Å². The van der Waals surface area contributed by atoms with Gasteiger partial charge in [0.2, 0.25) is 11.7 Å². The molecule has 0 spiro atoms. The fourth-order valence-corrected chi connectivity index (χ4v) is 4.17. The Labute approximate surface area is 212 Å². The zero-order chi connectivity index (χ0) is 22.2. The highest BCUT2D eigenvalue weighted by molar-refractivity contribution is 14.0. The molecule has 4 rings (SSSR count). The van der Waals surface area contributed by atoms with Crippen LogP contribution in [0.3, 0.4) is 0 Å². The number of carbonyl (C=O) groups is 1. The maximum Gasteiger partial charge on any atom is 0.236 e. The number of rotatable bonds is 7. The summed E-state index contributed by atoms with van der Waals surface area (Å²) in [5.41, 5.74) is 0. The number of furan rings is 1. The van der Waals surface area contributed by atoms with Crippen molar-refractivity contribution in [3.63, 3.8) is 0 Å². The number of likely N-dealkylation sites (tertiary alicyclic amines) is 1. The number of amides is 1. The molecule has 2 N–H and O–H groups in total. The number of halogens is 1. The van der Waals surface area contributed by atoms with Crippen LogP contribution in [0.2, 0.25) is 0 Å². The Balaban J connectivity index is 0.00000306. The fourth-order valence-electron chi connectivity index (χ4n) is 4.17. The van der Waals surface area contributed by atoms with E-state index in [1.807, 2.05) is 17.0 Å². The second-order valence-electron chi connectivity index (χ2n) is 8.27. The van der Waals surface area contributed by atoms with Crippen LogP contribution in [0.5, 0.6) is 0 Å². The van der Waals surface area contributed by atoms with E-state index in [-0.39, 0.29) is 29.9 Å². The van der Waals surface area contributed by atoms with Crippen molar-refractivity contribution < 1.29 is 9.21 Å². The van der Waals surface area contributed by atoms with Crippen LogP contribution in [0.4, 0.5) is 0 Å². The van der Waals surface area contributed by atoms with Crippen molar-refractivity contribution in [2.24, 2.45) is 4.99 Å². The molecule has 0 aromatic carbocycles. The van der Waals surface area contributed by atoms with Crippen LogP contribution in [0.25, 0.3) is 11.6 Å². The molecule has 2 aromatic heterocycles. The molecule has 2 aliphatic rings. The van der Waals surface area contributed by atoms with Crippen LogP contribution < -0.4 is 5.32 Å². The van der Waals surface area contributed by atoms with Gasteiger partial charge in [0.15, 0.2) is 11.7 Å². The molecule has 4 heterocycles. The Bertz CT molecular complexity index is 871. The second-order valence-corrected chi connectivity index (χ2v) is 8.27. The normalized spacial score (nSPS) is 17.7. The molecule has 0 aliphatic carbocycles. The van der Waals surface area contributed by atoms with Crippen molar-refractivity contribution in [2.45, 2.75) is 32.6 Å². The van der Waals surface area contributed by atoms with Crippen LogP contribution in [0.1, 0.15) is 32.0 Å². The third kappa shape index (κ3) is 7.16. The van der Waals surface area contributed by atoms with Crippen LogP contribution in [0.15, 0.2) is 27.8 Å². The molecule has 182 valence electrons. The number of carbonyl (C=O) groups excluding carboxylic acids is 1. The molecule has 0 atom stereocenters. The maximum absolute atomic E-state index is 12.6. The Hall–Kier alpha value is -2.15. The Kier molecular flexibility index (Phi) is 9.97. The number of H-pyrrole nitrogens is 1. The highest BCUT2D eigenvalue weighted by atomic mass is 127. The van der Waals surface area contributed by atoms with Gasteiger partial charge < -0.3 is 19.5 Å². The lowest BCUT2D eigenvalue weighted by Gasteiger charge is -2.37. The number of guanidine groups is 1. The van der Waals surface area contributed by atoms with E-state index in [0.717, 1.165) is 70.4 Å². The van der Waals surface area contributed by atoms with Gasteiger partial charge in [0.1, 0.15) is 5.82 Å². The number of aliphatic imine (C=N–C) groups is 1. The summed E-state index contributed by atoms with van der Waals surface area (Å²) in [6.45, 7) is 9.36. The molecule has 1 amide bonds. The van der Waals surface area contributed by atoms with E-state index < -0.39 is 0 Å². The molecular formula is C22H35IN8O2. The average Bonchev–Trinajstić information content (AvgIpc) is 3.52. The van der Waals surface area contributed by atoms with Crippen molar-refractivity contribution in [3.05, 3.63) is 24.2 Å². The lowest BCUT2D eigenvalue weighted by Crippen LogP contribution is -2.54. The lowest BCUT2D eigenvalue weighted by atomic mass is 10.1. The zero-order valence-electron chi connectivity index (χ0n) is 19.3. The van der Waals surface area contributed by atoms with Crippen LogP contribution >= 0.6 is 24.0 Å². The smallest absolute Gasteiger partial charge is 0.236 e. The predicted molar refractivity (Wildman–Crippen MR) is 138 cm³/mol. The largest absolute Gasteiger partial charge is 0.461 e. The van der Waals surface area contributed by atoms with Crippen LogP contribution in [-0.2, 0) is 11.2 Å². The minimum atomic E-state index is 0. The highest BCUT2D eigenvalue weighted by Gasteiger charge is 2.24.